The maximum Gasteiger partial charge on any atom is 0.254 e. The van der Waals surface area contributed by atoms with Gasteiger partial charge >= 0.3 is 0 Å². The van der Waals surface area contributed by atoms with Crippen LogP contribution in [0.2, 0.25) is 0 Å². The normalized spacial score (nSPS) is 11.3. The molecular formula is C26H31FN4O2. The number of nitrogens with zero attached hydrogens (tertiary/aromatic N) is 3. The summed E-state index contributed by atoms with van der Waals surface area (Å²) in [5.41, 5.74) is 1.67. The van der Waals surface area contributed by atoms with E-state index in [0.717, 1.165) is 24.2 Å². The van der Waals surface area contributed by atoms with Gasteiger partial charge in [0.15, 0.2) is 0 Å². The minimum absolute atomic E-state index is 0.139. The fraction of sp³-hybridized carbons (Fsp3) is 0.346. The number of rotatable bonds is 8. The van der Waals surface area contributed by atoms with Gasteiger partial charge in [0.2, 0.25) is 5.91 Å². The zero-order valence-electron chi connectivity index (χ0n) is 19.6. The van der Waals surface area contributed by atoms with Crippen molar-refractivity contribution in [3.8, 4) is 5.69 Å². The Kier molecular flexibility index (Phi) is 7.63. The van der Waals surface area contributed by atoms with Crippen molar-refractivity contribution in [1.82, 2.24) is 14.7 Å². The third kappa shape index (κ3) is 6.28. The molecule has 0 spiro atoms. The molecule has 1 aromatic heterocycles. The number of halogens is 1. The zero-order valence-corrected chi connectivity index (χ0v) is 19.6. The van der Waals surface area contributed by atoms with Crippen molar-refractivity contribution in [2.75, 3.05) is 18.4 Å². The zero-order chi connectivity index (χ0) is 24.0. The second kappa shape index (κ2) is 10.4. The lowest BCUT2D eigenvalue weighted by molar-refractivity contribution is -0.116. The summed E-state index contributed by atoms with van der Waals surface area (Å²) in [4.78, 5) is 27.4. The topological polar surface area (TPSA) is 67.2 Å². The number of benzene rings is 2. The van der Waals surface area contributed by atoms with Crippen LogP contribution in [0.5, 0.6) is 0 Å². The SMILES string of the molecule is CCCCN(CC(=O)Nc1cc(C(C)(C)C)nn1-c1ccccc1)C(=O)c1cccc(F)c1. The number of hydrogen-bond donors (Lipinski definition) is 1. The summed E-state index contributed by atoms with van der Waals surface area (Å²) in [5.74, 6) is -0.662. The Hall–Kier alpha value is -3.48. The number of hydrogen-bond acceptors (Lipinski definition) is 3. The van der Waals surface area contributed by atoms with E-state index in [-0.39, 0.29) is 29.3 Å². The Bertz CT molecular complexity index is 1100. The molecule has 3 rings (SSSR count). The Morgan fingerprint density at radius 2 is 1.79 bits per heavy atom. The predicted octanol–water partition coefficient (Wildman–Crippen LogP) is 5.19. The minimum atomic E-state index is -0.484. The van der Waals surface area contributed by atoms with Gasteiger partial charge in [-0.1, -0.05) is 58.4 Å². The molecule has 0 bridgehead atoms. The van der Waals surface area contributed by atoms with Gasteiger partial charge in [-0.15, -0.1) is 0 Å². The molecule has 0 radical (unpaired) electrons. The second-order valence-corrected chi connectivity index (χ2v) is 9.05. The molecule has 1 N–H and O–H groups in total. The van der Waals surface area contributed by atoms with Crippen LogP contribution < -0.4 is 5.32 Å². The van der Waals surface area contributed by atoms with E-state index >= 15 is 0 Å². The van der Waals surface area contributed by atoms with E-state index in [4.69, 9.17) is 5.10 Å². The van der Waals surface area contributed by atoms with Crippen molar-refractivity contribution in [2.45, 2.75) is 46.0 Å². The number of anilines is 1. The molecule has 0 aliphatic heterocycles. The fourth-order valence-electron chi connectivity index (χ4n) is 3.36. The van der Waals surface area contributed by atoms with Gasteiger partial charge in [0.1, 0.15) is 18.2 Å². The first-order valence-electron chi connectivity index (χ1n) is 11.2. The summed E-state index contributed by atoms with van der Waals surface area (Å²) in [5, 5.41) is 7.63. The highest BCUT2D eigenvalue weighted by molar-refractivity contribution is 5.99. The standard InChI is InChI=1S/C26H31FN4O2/c1-5-6-15-30(25(33)19-11-10-12-20(27)16-19)18-24(32)28-23-17-22(26(2,3)4)29-31(23)21-13-8-7-9-14-21/h7-14,16-17H,5-6,15,18H2,1-4H3,(H,28,32). The summed E-state index contributed by atoms with van der Waals surface area (Å²) in [7, 11) is 0. The van der Waals surface area contributed by atoms with Crippen molar-refractivity contribution in [3.63, 3.8) is 0 Å². The number of para-hydroxylation sites is 1. The molecule has 2 aromatic carbocycles. The number of aromatic nitrogens is 2. The maximum absolute atomic E-state index is 13.6. The third-order valence-electron chi connectivity index (χ3n) is 5.22. The number of amides is 2. The summed E-state index contributed by atoms with van der Waals surface area (Å²) >= 11 is 0. The number of nitrogens with one attached hydrogen (secondary N) is 1. The van der Waals surface area contributed by atoms with Gasteiger partial charge in [0.25, 0.3) is 5.91 Å². The molecule has 0 fully saturated rings. The van der Waals surface area contributed by atoms with E-state index in [1.165, 1.54) is 23.1 Å². The van der Waals surface area contributed by atoms with Crippen molar-refractivity contribution in [3.05, 3.63) is 77.7 Å². The molecule has 7 heteroatoms. The molecule has 0 atom stereocenters. The maximum atomic E-state index is 13.6. The van der Waals surface area contributed by atoms with Crippen LogP contribution >= 0.6 is 0 Å². The average Bonchev–Trinajstić information content (AvgIpc) is 3.21. The largest absolute Gasteiger partial charge is 0.329 e. The Morgan fingerprint density at radius 3 is 2.42 bits per heavy atom. The van der Waals surface area contributed by atoms with Gasteiger partial charge in [0.05, 0.1) is 11.4 Å². The highest BCUT2D eigenvalue weighted by Crippen LogP contribution is 2.26. The van der Waals surface area contributed by atoms with E-state index in [2.05, 4.69) is 26.1 Å². The van der Waals surface area contributed by atoms with Gasteiger partial charge in [0, 0.05) is 23.6 Å². The fourth-order valence-corrected chi connectivity index (χ4v) is 3.36. The van der Waals surface area contributed by atoms with Crippen molar-refractivity contribution >= 4 is 17.6 Å². The quantitative estimate of drug-likeness (QED) is 0.514. The van der Waals surface area contributed by atoms with E-state index in [0.29, 0.717) is 12.4 Å². The molecule has 0 saturated carbocycles. The molecule has 3 aromatic rings. The lowest BCUT2D eigenvalue weighted by Crippen LogP contribution is -2.39. The molecule has 2 amide bonds. The van der Waals surface area contributed by atoms with Crippen molar-refractivity contribution < 1.29 is 14.0 Å². The predicted molar refractivity (Wildman–Crippen MR) is 128 cm³/mol. The second-order valence-electron chi connectivity index (χ2n) is 9.05. The summed E-state index contributed by atoms with van der Waals surface area (Å²) in [6, 6.07) is 16.9. The molecule has 0 aliphatic carbocycles. The summed E-state index contributed by atoms with van der Waals surface area (Å²) in [6.45, 7) is 8.45. The van der Waals surface area contributed by atoms with Crippen LogP contribution in [0.25, 0.3) is 5.69 Å². The highest BCUT2D eigenvalue weighted by Gasteiger charge is 2.23. The van der Waals surface area contributed by atoms with Gasteiger partial charge < -0.3 is 10.2 Å². The lowest BCUT2D eigenvalue weighted by Gasteiger charge is -2.22. The number of carbonyl (C=O) groups is 2. The average molecular weight is 451 g/mol. The number of unbranched alkanes of at least 4 members (excludes halogenated alkanes) is 1. The molecule has 0 saturated heterocycles. The van der Waals surface area contributed by atoms with E-state index < -0.39 is 5.82 Å². The van der Waals surface area contributed by atoms with Crippen molar-refractivity contribution in [2.24, 2.45) is 0 Å². The first-order chi connectivity index (χ1) is 15.7. The molecule has 174 valence electrons. The molecule has 0 aliphatic rings. The minimum Gasteiger partial charge on any atom is -0.329 e. The van der Waals surface area contributed by atoms with Crippen LogP contribution in [0.4, 0.5) is 10.2 Å². The van der Waals surface area contributed by atoms with Gasteiger partial charge in [-0.05, 0) is 36.8 Å². The van der Waals surface area contributed by atoms with Crippen LogP contribution in [0, 0.1) is 5.82 Å². The van der Waals surface area contributed by atoms with E-state index in [9.17, 15) is 14.0 Å². The van der Waals surface area contributed by atoms with Crippen molar-refractivity contribution in [1.29, 1.82) is 0 Å². The van der Waals surface area contributed by atoms with Crippen LogP contribution in [0.1, 0.15) is 56.6 Å². The van der Waals surface area contributed by atoms with Gasteiger partial charge in [-0.2, -0.15) is 5.10 Å². The van der Waals surface area contributed by atoms with Crippen LogP contribution in [-0.2, 0) is 10.2 Å². The lowest BCUT2D eigenvalue weighted by atomic mass is 9.92. The Morgan fingerprint density at radius 1 is 1.06 bits per heavy atom. The van der Waals surface area contributed by atoms with Crippen LogP contribution in [-0.4, -0.2) is 39.6 Å². The highest BCUT2D eigenvalue weighted by atomic mass is 19.1. The molecule has 1 heterocycles. The molecule has 0 unspecified atom stereocenters. The Labute approximate surface area is 194 Å². The smallest absolute Gasteiger partial charge is 0.254 e. The van der Waals surface area contributed by atoms with Crippen LogP contribution in [0.3, 0.4) is 0 Å². The number of carbonyl (C=O) groups excluding carboxylic acids is 2. The molecule has 6 nitrogen and oxygen atoms in total. The first-order valence-corrected chi connectivity index (χ1v) is 11.2. The van der Waals surface area contributed by atoms with Crippen LogP contribution in [0.15, 0.2) is 60.7 Å². The third-order valence-corrected chi connectivity index (χ3v) is 5.22. The molecule has 33 heavy (non-hydrogen) atoms. The van der Waals surface area contributed by atoms with Gasteiger partial charge in [-0.25, -0.2) is 9.07 Å². The summed E-state index contributed by atoms with van der Waals surface area (Å²) < 4.78 is 15.3. The van der Waals surface area contributed by atoms with Gasteiger partial charge in [-0.3, -0.25) is 9.59 Å². The first kappa shape index (κ1) is 24.2. The Balaban J connectivity index is 1.84. The van der Waals surface area contributed by atoms with E-state index in [1.807, 2.05) is 43.3 Å². The monoisotopic (exact) mass is 450 g/mol. The molecular weight excluding hydrogens is 419 g/mol. The summed E-state index contributed by atoms with van der Waals surface area (Å²) in [6.07, 6.45) is 1.61. The van der Waals surface area contributed by atoms with E-state index in [1.54, 1.807) is 10.7 Å².